The Bertz CT molecular complexity index is 444. The van der Waals surface area contributed by atoms with Crippen LogP contribution in [0.5, 0.6) is 0 Å². The van der Waals surface area contributed by atoms with Gasteiger partial charge in [-0.05, 0) is 53.4 Å². The van der Waals surface area contributed by atoms with Crippen molar-refractivity contribution in [3.63, 3.8) is 0 Å². The normalized spacial score (nSPS) is 16.1. The van der Waals surface area contributed by atoms with E-state index in [1.807, 2.05) is 27.8 Å². The van der Waals surface area contributed by atoms with Crippen LogP contribution >= 0.6 is 0 Å². The minimum absolute atomic E-state index is 0. The fourth-order valence-electron chi connectivity index (χ4n) is 2.46. The van der Waals surface area contributed by atoms with Crippen molar-refractivity contribution in [2.75, 3.05) is 52.9 Å². The molecule has 138 valence electrons. The van der Waals surface area contributed by atoms with Crippen molar-refractivity contribution in [2.24, 2.45) is 0 Å². The Morgan fingerprint density at radius 1 is 1.20 bits per heavy atom. The number of carboxylic acids is 1. The molecule has 0 N–H and O–H groups in total. The molecule has 1 saturated heterocycles. The molecule has 0 atom stereocenters. The van der Waals surface area contributed by atoms with Crippen molar-refractivity contribution in [1.29, 1.82) is 0 Å². The van der Waals surface area contributed by atoms with Gasteiger partial charge in [0.1, 0.15) is 5.60 Å². The van der Waals surface area contributed by atoms with Crippen LogP contribution in [0.25, 0.3) is 0 Å². The Labute approximate surface area is 163 Å². The van der Waals surface area contributed by atoms with Crippen molar-refractivity contribution in [3.8, 4) is 0 Å². The van der Waals surface area contributed by atoms with Gasteiger partial charge < -0.3 is 24.4 Å². The quantitative estimate of drug-likeness (QED) is 0.365. The molecular weight excluding hydrogens is 317 g/mol. The fraction of sp³-hybridized carbons (Fsp3) is 0.765. The minimum Gasteiger partial charge on any atom is -0.545 e. The number of carbonyl (C=O) groups is 2. The molecule has 8 heteroatoms. The zero-order chi connectivity index (χ0) is 18.2. The van der Waals surface area contributed by atoms with Gasteiger partial charge >= 0.3 is 25.0 Å². The number of rotatable bonds is 7. The smallest absolute Gasteiger partial charge is 0.545 e. The first-order valence-corrected chi connectivity index (χ1v) is 8.44. The Hall–Kier alpha value is -1.00. The molecule has 0 aromatic heterocycles. The van der Waals surface area contributed by atoms with Crippen LogP contribution in [0.4, 0.5) is 4.79 Å². The van der Waals surface area contributed by atoms with Crippen LogP contribution in [0.1, 0.15) is 27.2 Å². The molecule has 7 nitrogen and oxygen atoms in total. The van der Waals surface area contributed by atoms with Crippen LogP contribution in [0.3, 0.4) is 0 Å². The fourth-order valence-corrected chi connectivity index (χ4v) is 2.46. The largest absolute Gasteiger partial charge is 1.00 e. The van der Waals surface area contributed by atoms with Crippen LogP contribution in [0, 0.1) is 0 Å². The maximum absolute atomic E-state index is 12.0. The van der Waals surface area contributed by atoms with E-state index in [-0.39, 0.29) is 25.0 Å². The van der Waals surface area contributed by atoms with E-state index >= 15 is 0 Å². The molecule has 1 amide bonds. The molecule has 0 aliphatic carbocycles. The minimum atomic E-state index is -1.16. The third kappa shape index (κ3) is 11.3. The molecule has 0 saturated carbocycles. The summed E-state index contributed by atoms with van der Waals surface area (Å²) in [6, 6.07) is 0. The summed E-state index contributed by atoms with van der Waals surface area (Å²) in [5.74, 6) is -1.16. The Balaban J connectivity index is 0.00000576. The van der Waals surface area contributed by atoms with E-state index in [2.05, 4.69) is 9.80 Å². The summed E-state index contributed by atoms with van der Waals surface area (Å²) in [6.45, 7) is 11.2. The number of amides is 1. The molecule has 0 radical (unpaired) electrons. The van der Waals surface area contributed by atoms with Gasteiger partial charge in [0.2, 0.25) is 0 Å². The second-order valence-corrected chi connectivity index (χ2v) is 7.15. The van der Waals surface area contributed by atoms with Gasteiger partial charge in [-0.1, -0.05) is 6.08 Å². The van der Waals surface area contributed by atoms with Crippen LogP contribution in [0.15, 0.2) is 12.2 Å². The number of hydrogen-bond donors (Lipinski definition) is 0. The summed E-state index contributed by atoms with van der Waals surface area (Å²) in [5.41, 5.74) is -0.454. The molecule has 1 heterocycles. The van der Waals surface area contributed by atoms with Gasteiger partial charge in [0.25, 0.3) is 0 Å². The van der Waals surface area contributed by atoms with Gasteiger partial charge in [-0.3, -0.25) is 4.90 Å². The van der Waals surface area contributed by atoms with Crippen molar-refractivity contribution in [1.82, 2.24) is 14.7 Å². The second-order valence-electron chi connectivity index (χ2n) is 7.15. The van der Waals surface area contributed by atoms with Gasteiger partial charge in [-0.25, -0.2) is 4.79 Å². The topological polar surface area (TPSA) is 76.2 Å². The standard InChI is InChI=1S/C17H31N3O4.Li/c1-17(2,3)24-16(23)20-13-11-19(12-14-20)10-6-9-18(4)8-5-7-15(21)22;/h5,7H,6,8-14H2,1-4H3,(H,21,22);/q;+1/p-1/b7-5+;. The molecule has 1 aliphatic rings. The maximum atomic E-state index is 12.0. The van der Waals surface area contributed by atoms with Crippen LogP contribution in [0.2, 0.25) is 0 Å². The number of ether oxygens (including phenoxy) is 1. The molecule has 1 rings (SSSR count). The van der Waals surface area contributed by atoms with Gasteiger partial charge in [-0.15, -0.1) is 0 Å². The Morgan fingerprint density at radius 3 is 2.32 bits per heavy atom. The summed E-state index contributed by atoms with van der Waals surface area (Å²) in [7, 11) is 1.96. The van der Waals surface area contributed by atoms with Gasteiger partial charge in [0.15, 0.2) is 0 Å². The number of likely N-dealkylation sites (N-methyl/N-ethyl adjacent to an activating group) is 1. The van der Waals surface area contributed by atoms with Gasteiger partial charge in [0, 0.05) is 32.7 Å². The molecule has 0 unspecified atom stereocenters. The molecule has 1 aliphatic heterocycles. The molecule has 1 fully saturated rings. The van der Waals surface area contributed by atoms with Crippen LogP contribution in [-0.2, 0) is 9.53 Å². The molecule has 25 heavy (non-hydrogen) atoms. The second kappa shape index (κ2) is 11.6. The zero-order valence-electron chi connectivity index (χ0n) is 16.3. The predicted molar refractivity (Wildman–Crippen MR) is 90.5 cm³/mol. The Kier molecular flexibility index (Phi) is 11.1. The number of hydrogen-bond acceptors (Lipinski definition) is 6. The van der Waals surface area contributed by atoms with Crippen molar-refractivity contribution >= 4 is 12.1 Å². The van der Waals surface area contributed by atoms with E-state index in [0.29, 0.717) is 19.6 Å². The Morgan fingerprint density at radius 2 is 1.80 bits per heavy atom. The number of aliphatic carboxylic acids is 1. The summed E-state index contributed by atoms with van der Waals surface area (Å²) in [6.07, 6.45) is 3.42. The molecular formula is C17H30LiN3O4. The first-order valence-electron chi connectivity index (χ1n) is 8.44. The number of piperazine rings is 1. The SMILES string of the molecule is CN(C/C=C/C(=O)[O-])CCCN1CCN(C(=O)OC(C)(C)C)CC1.[Li+]. The third-order valence-corrected chi connectivity index (χ3v) is 3.71. The average Bonchev–Trinajstić information content (AvgIpc) is 2.45. The summed E-state index contributed by atoms with van der Waals surface area (Å²) < 4.78 is 5.39. The van der Waals surface area contributed by atoms with E-state index in [1.54, 1.807) is 11.0 Å². The average molecular weight is 347 g/mol. The molecule has 0 aromatic rings. The van der Waals surface area contributed by atoms with E-state index in [9.17, 15) is 14.7 Å². The van der Waals surface area contributed by atoms with Gasteiger partial charge in [-0.2, -0.15) is 0 Å². The number of carboxylic acid groups (broad SMARTS) is 1. The number of nitrogens with zero attached hydrogens (tertiary/aromatic N) is 3. The van der Waals surface area contributed by atoms with Crippen molar-refractivity contribution in [3.05, 3.63) is 12.2 Å². The molecule has 0 spiro atoms. The molecule has 0 aromatic carbocycles. The van der Waals surface area contributed by atoms with E-state index in [1.165, 1.54) is 0 Å². The summed E-state index contributed by atoms with van der Waals surface area (Å²) in [5, 5.41) is 10.3. The predicted octanol–water partition coefficient (Wildman–Crippen LogP) is -2.83. The van der Waals surface area contributed by atoms with Crippen molar-refractivity contribution in [2.45, 2.75) is 32.8 Å². The van der Waals surface area contributed by atoms with Gasteiger partial charge in [0.05, 0.1) is 5.97 Å². The van der Waals surface area contributed by atoms with E-state index in [4.69, 9.17) is 4.74 Å². The first kappa shape index (κ1) is 24.0. The van der Waals surface area contributed by atoms with Crippen molar-refractivity contribution < 1.29 is 38.3 Å². The van der Waals surface area contributed by atoms with E-state index < -0.39 is 11.6 Å². The number of carbonyl (C=O) groups excluding carboxylic acids is 2. The van der Waals surface area contributed by atoms with Crippen LogP contribution in [-0.4, -0.2) is 85.2 Å². The maximum Gasteiger partial charge on any atom is 1.00 e. The van der Waals surface area contributed by atoms with Crippen LogP contribution < -0.4 is 24.0 Å². The molecule has 0 bridgehead atoms. The monoisotopic (exact) mass is 347 g/mol. The summed E-state index contributed by atoms with van der Waals surface area (Å²) >= 11 is 0. The first-order chi connectivity index (χ1) is 11.2. The van der Waals surface area contributed by atoms with E-state index in [0.717, 1.165) is 38.7 Å². The third-order valence-electron chi connectivity index (χ3n) is 3.71. The summed E-state index contributed by atoms with van der Waals surface area (Å²) in [4.78, 5) is 28.5. The zero-order valence-corrected chi connectivity index (χ0v) is 16.3.